The third-order valence-electron chi connectivity index (χ3n) is 4.56. The lowest BCUT2D eigenvalue weighted by Crippen LogP contribution is -2.37. The molecule has 0 heterocycles. The van der Waals surface area contributed by atoms with Crippen LogP contribution in [0.25, 0.3) is 0 Å². The predicted molar refractivity (Wildman–Crippen MR) is 74.2 cm³/mol. The number of aryl methyl sites for hydroxylation is 1. The maximum atomic E-state index is 13.1. The summed E-state index contributed by atoms with van der Waals surface area (Å²) < 4.78 is 13.1. The topological polar surface area (TPSA) is 12.0 Å². The summed E-state index contributed by atoms with van der Waals surface area (Å²) >= 11 is 0. The standard InChI is InChI=1S/C16H24FN/c1-11-5-4-6-15(11)16(18-3)10-13-7-8-14(17)9-12(13)2/h7-9,11,15-16,18H,4-6,10H2,1-3H3. The van der Waals surface area contributed by atoms with Crippen molar-refractivity contribution >= 4 is 0 Å². The van der Waals surface area contributed by atoms with Crippen molar-refractivity contribution in [3.63, 3.8) is 0 Å². The quantitative estimate of drug-likeness (QED) is 0.858. The van der Waals surface area contributed by atoms with Crippen molar-refractivity contribution in [2.75, 3.05) is 7.05 Å². The van der Waals surface area contributed by atoms with E-state index in [0.29, 0.717) is 6.04 Å². The van der Waals surface area contributed by atoms with E-state index in [9.17, 15) is 4.39 Å². The molecule has 0 radical (unpaired) electrons. The summed E-state index contributed by atoms with van der Waals surface area (Å²) in [7, 11) is 2.05. The Morgan fingerprint density at radius 3 is 2.72 bits per heavy atom. The van der Waals surface area contributed by atoms with Crippen molar-refractivity contribution in [3.8, 4) is 0 Å². The van der Waals surface area contributed by atoms with Gasteiger partial charge in [0, 0.05) is 6.04 Å². The molecule has 2 heteroatoms. The van der Waals surface area contributed by atoms with E-state index in [1.54, 1.807) is 12.1 Å². The van der Waals surface area contributed by atoms with E-state index in [1.165, 1.54) is 24.8 Å². The van der Waals surface area contributed by atoms with Crippen LogP contribution in [0, 0.1) is 24.6 Å². The van der Waals surface area contributed by atoms with Gasteiger partial charge in [-0.05, 0) is 61.9 Å². The molecule has 1 aliphatic rings. The smallest absolute Gasteiger partial charge is 0.123 e. The molecule has 1 fully saturated rings. The van der Waals surface area contributed by atoms with Gasteiger partial charge in [-0.1, -0.05) is 25.8 Å². The lowest BCUT2D eigenvalue weighted by molar-refractivity contribution is 0.308. The van der Waals surface area contributed by atoms with Gasteiger partial charge in [0.2, 0.25) is 0 Å². The summed E-state index contributed by atoms with van der Waals surface area (Å²) in [4.78, 5) is 0. The van der Waals surface area contributed by atoms with Crippen molar-refractivity contribution in [1.29, 1.82) is 0 Å². The third-order valence-corrected chi connectivity index (χ3v) is 4.56. The minimum atomic E-state index is -0.133. The van der Waals surface area contributed by atoms with Crippen LogP contribution in [-0.4, -0.2) is 13.1 Å². The lowest BCUT2D eigenvalue weighted by atomic mass is 9.86. The number of halogens is 1. The van der Waals surface area contributed by atoms with E-state index in [-0.39, 0.29) is 5.82 Å². The van der Waals surface area contributed by atoms with Gasteiger partial charge in [-0.2, -0.15) is 0 Å². The van der Waals surface area contributed by atoms with E-state index < -0.39 is 0 Å². The van der Waals surface area contributed by atoms with Crippen molar-refractivity contribution in [1.82, 2.24) is 5.32 Å². The zero-order valence-corrected chi connectivity index (χ0v) is 11.7. The Morgan fingerprint density at radius 2 is 2.17 bits per heavy atom. The van der Waals surface area contributed by atoms with Crippen LogP contribution in [0.2, 0.25) is 0 Å². The highest BCUT2D eigenvalue weighted by atomic mass is 19.1. The molecular formula is C16H24FN. The molecule has 0 bridgehead atoms. The number of hydrogen-bond acceptors (Lipinski definition) is 1. The molecule has 1 aromatic rings. The molecule has 2 rings (SSSR count). The Morgan fingerprint density at radius 1 is 1.39 bits per heavy atom. The third kappa shape index (κ3) is 2.92. The van der Waals surface area contributed by atoms with Crippen LogP contribution >= 0.6 is 0 Å². The Balaban J connectivity index is 2.10. The Bertz CT molecular complexity index is 402. The fourth-order valence-electron chi connectivity index (χ4n) is 3.36. The molecule has 1 saturated carbocycles. The summed E-state index contributed by atoms with van der Waals surface area (Å²) in [5.41, 5.74) is 2.34. The van der Waals surface area contributed by atoms with Gasteiger partial charge in [0.05, 0.1) is 0 Å². The fraction of sp³-hybridized carbons (Fsp3) is 0.625. The first-order valence-electron chi connectivity index (χ1n) is 7.04. The number of nitrogens with one attached hydrogen (secondary N) is 1. The van der Waals surface area contributed by atoms with Gasteiger partial charge in [0.1, 0.15) is 5.82 Å². The molecule has 0 aromatic heterocycles. The van der Waals surface area contributed by atoms with Crippen LogP contribution in [0.4, 0.5) is 4.39 Å². The first-order valence-corrected chi connectivity index (χ1v) is 7.04. The van der Waals surface area contributed by atoms with Gasteiger partial charge in [0.15, 0.2) is 0 Å². The van der Waals surface area contributed by atoms with E-state index in [1.807, 2.05) is 13.0 Å². The van der Waals surface area contributed by atoms with Crippen molar-refractivity contribution in [3.05, 3.63) is 35.1 Å². The SMILES string of the molecule is CNC(Cc1ccc(F)cc1C)C1CCCC1C. The second-order valence-corrected chi connectivity index (χ2v) is 5.74. The molecule has 3 atom stereocenters. The zero-order chi connectivity index (χ0) is 13.1. The molecule has 0 aliphatic heterocycles. The predicted octanol–water partition coefficient (Wildman–Crippen LogP) is 3.70. The highest BCUT2D eigenvalue weighted by molar-refractivity contribution is 5.27. The number of likely N-dealkylation sites (N-methyl/N-ethyl adjacent to an activating group) is 1. The molecule has 1 aliphatic carbocycles. The first-order chi connectivity index (χ1) is 8.61. The summed E-state index contributed by atoms with van der Waals surface area (Å²) in [6.07, 6.45) is 5.04. The fourth-order valence-corrected chi connectivity index (χ4v) is 3.36. The molecule has 18 heavy (non-hydrogen) atoms. The molecule has 0 saturated heterocycles. The Labute approximate surface area is 110 Å². The first kappa shape index (κ1) is 13.5. The van der Waals surface area contributed by atoms with Gasteiger partial charge < -0.3 is 5.32 Å². The van der Waals surface area contributed by atoms with Crippen LogP contribution in [0.5, 0.6) is 0 Å². The van der Waals surface area contributed by atoms with Crippen LogP contribution in [0.1, 0.15) is 37.3 Å². The number of rotatable bonds is 4. The molecule has 3 unspecified atom stereocenters. The van der Waals surface area contributed by atoms with E-state index in [4.69, 9.17) is 0 Å². The van der Waals surface area contributed by atoms with Crippen molar-refractivity contribution in [2.24, 2.45) is 11.8 Å². The number of benzene rings is 1. The minimum absolute atomic E-state index is 0.133. The van der Waals surface area contributed by atoms with Gasteiger partial charge in [-0.15, -0.1) is 0 Å². The van der Waals surface area contributed by atoms with E-state index in [2.05, 4.69) is 19.3 Å². The molecule has 100 valence electrons. The normalized spacial score (nSPS) is 25.3. The monoisotopic (exact) mass is 249 g/mol. The molecule has 1 aromatic carbocycles. The van der Waals surface area contributed by atoms with Crippen LogP contribution in [0.15, 0.2) is 18.2 Å². The van der Waals surface area contributed by atoms with Crippen LogP contribution < -0.4 is 5.32 Å². The maximum absolute atomic E-state index is 13.1. The van der Waals surface area contributed by atoms with E-state index in [0.717, 1.165) is 23.8 Å². The van der Waals surface area contributed by atoms with Gasteiger partial charge in [-0.25, -0.2) is 4.39 Å². The molecule has 1 N–H and O–H groups in total. The molecular weight excluding hydrogens is 225 g/mol. The highest BCUT2D eigenvalue weighted by Crippen LogP contribution is 2.34. The number of hydrogen-bond donors (Lipinski definition) is 1. The largest absolute Gasteiger partial charge is 0.316 e. The Hall–Kier alpha value is -0.890. The summed E-state index contributed by atoms with van der Waals surface area (Å²) in [5.74, 6) is 1.44. The minimum Gasteiger partial charge on any atom is -0.316 e. The second-order valence-electron chi connectivity index (χ2n) is 5.74. The van der Waals surface area contributed by atoms with Crippen molar-refractivity contribution in [2.45, 2.75) is 45.6 Å². The van der Waals surface area contributed by atoms with Gasteiger partial charge in [0.25, 0.3) is 0 Å². The second kappa shape index (κ2) is 5.83. The van der Waals surface area contributed by atoms with E-state index >= 15 is 0 Å². The summed E-state index contributed by atoms with van der Waals surface area (Å²) in [6, 6.07) is 5.67. The molecule has 0 amide bonds. The zero-order valence-electron chi connectivity index (χ0n) is 11.7. The summed E-state index contributed by atoms with van der Waals surface area (Å²) in [5, 5.41) is 3.47. The van der Waals surface area contributed by atoms with Gasteiger partial charge >= 0.3 is 0 Å². The molecule has 1 nitrogen and oxygen atoms in total. The lowest BCUT2D eigenvalue weighted by Gasteiger charge is -2.27. The average Bonchev–Trinajstić information content (AvgIpc) is 2.75. The van der Waals surface area contributed by atoms with Crippen molar-refractivity contribution < 1.29 is 4.39 Å². The van der Waals surface area contributed by atoms with Crippen LogP contribution in [-0.2, 0) is 6.42 Å². The maximum Gasteiger partial charge on any atom is 0.123 e. The Kier molecular flexibility index (Phi) is 4.39. The summed E-state index contributed by atoms with van der Waals surface area (Å²) in [6.45, 7) is 4.36. The van der Waals surface area contributed by atoms with Gasteiger partial charge in [-0.3, -0.25) is 0 Å². The molecule has 0 spiro atoms. The van der Waals surface area contributed by atoms with Crippen LogP contribution in [0.3, 0.4) is 0 Å². The highest BCUT2D eigenvalue weighted by Gasteiger charge is 2.30. The average molecular weight is 249 g/mol.